The van der Waals surface area contributed by atoms with Gasteiger partial charge in [-0.2, -0.15) is 0 Å². The number of hydrogen-bond acceptors (Lipinski definition) is 2. The van der Waals surface area contributed by atoms with Crippen molar-refractivity contribution in [2.24, 2.45) is 11.7 Å². The molecule has 82 valence electrons. The maximum Gasteiger partial charge on any atom is 0.123 e. The second kappa shape index (κ2) is 4.19. The Morgan fingerprint density at radius 2 is 2.00 bits per heavy atom. The zero-order chi connectivity index (χ0) is 10.8. The molecule has 15 heavy (non-hydrogen) atoms. The molecular formula is C12H16FNO. The summed E-state index contributed by atoms with van der Waals surface area (Å²) in [6.45, 7) is 0. The molecule has 0 amide bonds. The zero-order valence-corrected chi connectivity index (χ0v) is 8.62. The van der Waals surface area contributed by atoms with E-state index < -0.39 is 0 Å². The predicted octanol–water partition coefficient (Wildman–Crippen LogP) is 2.72. The fraction of sp³-hybridized carbons (Fsp3) is 0.500. The molecule has 1 atom stereocenters. The molecule has 1 aromatic rings. The molecule has 0 saturated heterocycles. The predicted molar refractivity (Wildman–Crippen MR) is 57.0 cm³/mol. The van der Waals surface area contributed by atoms with Crippen LogP contribution in [0.3, 0.4) is 0 Å². The molecule has 0 spiro atoms. The number of aromatic hydroxyl groups is 1. The van der Waals surface area contributed by atoms with Gasteiger partial charge in [0.1, 0.15) is 11.6 Å². The van der Waals surface area contributed by atoms with E-state index in [-0.39, 0.29) is 17.6 Å². The van der Waals surface area contributed by atoms with Crippen molar-refractivity contribution in [2.75, 3.05) is 0 Å². The standard InChI is InChI=1S/C12H16FNO/c13-9-5-6-11(15)10(7-9)12(14)8-3-1-2-4-8/h5-8,12,15H,1-4,14H2/t12-/m1/s1. The first-order valence-electron chi connectivity index (χ1n) is 5.42. The van der Waals surface area contributed by atoms with E-state index in [1.165, 1.54) is 31.0 Å². The third-order valence-electron chi connectivity index (χ3n) is 3.26. The molecule has 0 heterocycles. The van der Waals surface area contributed by atoms with Gasteiger partial charge in [0.05, 0.1) is 0 Å². The molecule has 0 radical (unpaired) electrons. The highest BCUT2D eigenvalue weighted by Crippen LogP contribution is 2.37. The Morgan fingerprint density at radius 1 is 1.33 bits per heavy atom. The van der Waals surface area contributed by atoms with Crippen molar-refractivity contribution in [3.05, 3.63) is 29.6 Å². The van der Waals surface area contributed by atoms with Crippen LogP contribution in [0.4, 0.5) is 4.39 Å². The number of phenols is 1. The first-order chi connectivity index (χ1) is 7.18. The van der Waals surface area contributed by atoms with E-state index in [9.17, 15) is 9.50 Å². The van der Waals surface area contributed by atoms with Crippen molar-refractivity contribution < 1.29 is 9.50 Å². The van der Waals surface area contributed by atoms with Gasteiger partial charge in [-0.15, -0.1) is 0 Å². The Balaban J connectivity index is 2.23. The van der Waals surface area contributed by atoms with Crippen molar-refractivity contribution in [1.29, 1.82) is 0 Å². The van der Waals surface area contributed by atoms with E-state index in [2.05, 4.69) is 0 Å². The summed E-state index contributed by atoms with van der Waals surface area (Å²) in [7, 11) is 0. The van der Waals surface area contributed by atoms with Crippen LogP contribution >= 0.6 is 0 Å². The van der Waals surface area contributed by atoms with Gasteiger partial charge in [0.25, 0.3) is 0 Å². The van der Waals surface area contributed by atoms with Crippen molar-refractivity contribution in [3.63, 3.8) is 0 Å². The van der Waals surface area contributed by atoms with Gasteiger partial charge in [0, 0.05) is 11.6 Å². The first-order valence-corrected chi connectivity index (χ1v) is 5.42. The lowest BCUT2D eigenvalue weighted by Gasteiger charge is -2.20. The number of phenolic OH excluding ortho intramolecular Hbond substituents is 1. The number of nitrogens with two attached hydrogens (primary N) is 1. The largest absolute Gasteiger partial charge is 0.508 e. The average Bonchev–Trinajstić information content (AvgIpc) is 2.74. The Kier molecular flexibility index (Phi) is 2.91. The van der Waals surface area contributed by atoms with Gasteiger partial charge >= 0.3 is 0 Å². The summed E-state index contributed by atoms with van der Waals surface area (Å²) in [6.07, 6.45) is 4.54. The van der Waals surface area contributed by atoms with Gasteiger partial charge in [0.2, 0.25) is 0 Å². The van der Waals surface area contributed by atoms with Crippen LogP contribution < -0.4 is 5.73 Å². The Bertz CT molecular complexity index is 347. The summed E-state index contributed by atoms with van der Waals surface area (Å²) in [6, 6.07) is 3.74. The highest BCUT2D eigenvalue weighted by molar-refractivity contribution is 5.35. The van der Waals surface area contributed by atoms with Crippen LogP contribution in [0.2, 0.25) is 0 Å². The monoisotopic (exact) mass is 209 g/mol. The molecule has 2 nitrogen and oxygen atoms in total. The number of rotatable bonds is 2. The topological polar surface area (TPSA) is 46.2 Å². The first kappa shape index (κ1) is 10.4. The van der Waals surface area contributed by atoms with Gasteiger partial charge in [-0.25, -0.2) is 4.39 Å². The summed E-state index contributed by atoms with van der Waals surface area (Å²) in [4.78, 5) is 0. The van der Waals surface area contributed by atoms with Gasteiger partial charge in [-0.3, -0.25) is 0 Å². The second-order valence-corrected chi connectivity index (χ2v) is 4.27. The van der Waals surface area contributed by atoms with E-state index in [1.807, 2.05) is 0 Å². The van der Waals surface area contributed by atoms with Gasteiger partial charge in [-0.05, 0) is 37.0 Å². The summed E-state index contributed by atoms with van der Waals surface area (Å²) in [5.41, 5.74) is 6.59. The number of halogens is 1. The van der Waals surface area contributed by atoms with E-state index in [1.54, 1.807) is 0 Å². The van der Waals surface area contributed by atoms with E-state index >= 15 is 0 Å². The van der Waals surface area contributed by atoms with Crippen LogP contribution in [0, 0.1) is 11.7 Å². The highest BCUT2D eigenvalue weighted by atomic mass is 19.1. The Morgan fingerprint density at radius 3 is 2.67 bits per heavy atom. The maximum absolute atomic E-state index is 13.0. The third kappa shape index (κ3) is 2.12. The van der Waals surface area contributed by atoms with Crippen molar-refractivity contribution >= 4 is 0 Å². The molecule has 0 aromatic heterocycles. The van der Waals surface area contributed by atoms with E-state index in [0.717, 1.165) is 12.8 Å². The fourth-order valence-electron chi connectivity index (χ4n) is 2.36. The van der Waals surface area contributed by atoms with E-state index in [4.69, 9.17) is 5.73 Å². The third-order valence-corrected chi connectivity index (χ3v) is 3.26. The zero-order valence-electron chi connectivity index (χ0n) is 8.62. The lowest BCUT2D eigenvalue weighted by Crippen LogP contribution is -2.19. The second-order valence-electron chi connectivity index (χ2n) is 4.27. The van der Waals surface area contributed by atoms with Crippen LogP contribution in [0.15, 0.2) is 18.2 Å². The molecule has 0 bridgehead atoms. The van der Waals surface area contributed by atoms with Crippen LogP contribution in [-0.2, 0) is 0 Å². The summed E-state index contributed by atoms with van der Waals surface area (Å²) in [5.74, 6) is 0.157. The van der Waals surface area contributed by atoms with Crippen molar-refractivity contribution in [3.8, 4) is 5.75 Å². The average molecular weight is 209 g/mol. The van der Waals surface area contributed by atoms with Crippen LogP contribution in [0.1, 0.15) is 37.3 Å². The number of hydrogen-bond donors (Lipinski definition) is 2. The number of benzene rings is 1. The van der Waals surface area contributed by atoms with Gasteiger partial charge < -0.3 is 10.8 Å². The van der Waals surface area contributed by atoms with Gasteiger partial charge in [-0.1, -0.05) is 12.8 Å². The van der Waals surface area contributed by atoms with Crippen molar-refractivity contribution in [1.82, 2.24) is 0 Å². The summed E-state index contributed by atoms with van der Waals surface area (Å²) in [5, 5.41) is 9.62. The minimum atomic E-state index is -0.337. The van der Waals surface area contributed by atoms with Crippen LogP contribution in [0.25, 0.3) is 0 Å². The minimum absolute atomic E-state index is 0.107. The molecule has 1 aromatic carbocycles. The molecule has 0 aliphatic heterocycles. The fourth-order valence-corrected chi connectivity index (χ4v) is 2.36. The quantitative estimate of drug-likeness (QED) is 0.786. The molecule has 3 heteroatoms. The minimum Gasteiger partial charge on any atom is -0.508 e. The normalized spacial score (nSPS) is 19.3. The van der Waals surface area contributed by atoms with Crippen LogP contribution in [0.5, 0.6) is 5.75 Å². The smallest absolute Gasteiger partial charge is 0.123 e. The summed E-state index contributed by atoms with van der Waals surface area (Å²) >= 11 is 0. The van der Waals surface area contributed by atoms with E-state index in [0.29, 0.717) is 11.5 Å². The molecule has 1 saturated carbocycles. The maximum atomic E-state index is 13.0. The molecule has 1 aliphatic rings. The Hall–Kier alpha value is -1.09. The Labute approximate surface area is 88.9 Å². The van der Waals surface area contributed by atoms with Gasteiger partial charge in [0.15, 0.2) is 0 Å². The van der Waals surface area contributed by atoms with Crippen molar-refractivity contribution in [2.45, 2.75) is 31.7 Å². The lowest BCUT2D eigenvalue weighted by molar-refractivity contribution is 0.410. The highest BCUT2D eigenvalue weighted by Gasteiger charge is 2.25. The molecule has 1 fully saturated rings. The lowest BCUT2D eigenvalue weighted by atomic mass is 9.92. The molecule has 3 N–H and O–H groups in total. The molecule has 1 aliphatic carbocycles. The molecular weight excluding hydrogens is 193 g/mol. The molecule has 0 unspecified atom stereocenters. The molecule has 2 rings (SSSR count). The summed E-state index contributed by atoms with van der Waals surface area (Å²) < 4.78 is 13.0. The van der Waals surface area contributed by atoms with Crippen LogP contribution in [-0.4, -0.2) is 5.11 Å². The SMILES string of the molecule is N[C@@H](c1cc(F)ccc1O)C1CCCC1.